The van der Waals surface area contributed by atoms with Gasteiger partial charge in [0.15, 0.2) is 17.6 Å². The van der Waals surface area contributed by atoms with E-state index in [9.17, 15) is 0 Å². The molecule has 0 aliphatic carbocycles. The Morgan fingerprint density at radius 3 is 2.76 bits per heavy atom. The van der Waals surface area contributed by atoms with E-state index in [1.807, 2.05) is 48.8 Å². The fourth-order valence-corrected chi connectivity index (χ4v) is 3.07. The first kappa shape index (κ1) is 14.0. The zero-order chi connectivity index (χ0) is 16.6. The van der Waals surface area contributed by atoms with Gasteiger partial charge in [-0.1, -0.05) is 24.3 Å². The molecule has 2 aromatic carbocycles. The molecular formula is C20H15N3O2. The lowest BCUT2D eigenvalue weighted by molar-refractivity contribution is 0.0885. The average molecular weight is 329 g/mol. The lowest BCUT2D eigenvalue weighted by Gasteiger charge is -2.26. The minimum atomic E-state index is -0.201. The maximum Gasteiger partial charge on any atom is 0.174 e. The van der Waals surface area contributed by atoms with Gasteiger partial charge in [0.1, 0.15) is 6.61 Å². The van der Waals surface area contributed by atoms with E-state index in [1.165, 1.54) is 0 Å². The number of pyridine rings is 1. The molecule has 122 valence electrons. The van der Waals surface area contributed by atoms with Crippen molar-refractivity contribution in [3.63, 3.8) is 0 Å². The summed E-state index contributed by atoms with van der Waals surface area (Å²) in [5.74, 6) is 1.54. The lowest BCUT2D eigenvalue weighted by atomic mass is 10.1. The van der Waals surface area contributed by atoms with Gasteiger partial charge in [-0.3, -0.25) is 5.10 Å². The fourth-order valence-electron chi connectivity index (χ4n) is 3.07. The molecule has 5 rings (SSSR count). The smallest absolute Gasteiger partial charge is 0.174 e. The SMILES string of the molecule is c1ccc2c(c1)OCC(c1ccc3cc(-c4cn[nH]c4)ccc3n1)O2. The molecule has 1 N–H and O–H groups in total. The Balaban J connectivity index is 1.48. The third kappa shape index (κ3) is 2.50. The van der Waals surface area contributed by atoms with Crippen molar-refractivity contribution >= 4 is 10.9 Å². The molecule has 0 saturated heterocycles. The molecule has 1 unspecified atom stereocenters. The quantitative estimate of drug-likeness (QED) is 0.600. The minimum absolute atomic E-state index is 0.201. The van der Waals surface area contributed by atoms with Crippen molar-refractivity contribution in [2.75, 3.05) is 6.61 Å². The Morgan fingerprint density at radius 1 is 0.960 bits per heavy atom. The van der Waals surface area contributed by atoms with Crippen molar-refractivity contribution in [1.29, 1.82) is 0 Å². The largest absolute Gasteiger partial charge is 0.485 e. The summed E-state index contributed by atoms with van der Waals surface area (Å²) < 4.78 is 11.8. The molecule has 5 nitrogen and oxygen atoms in total. The van der Waals surface area contributed by atoms with Gasteiger partial charge in [-0.15, -0.1) is 0 Å². The highest BCUT2D eigenvalue weighted by Crippen LogP contribution is 2.35. The molecular weight excluding hydrogens is 314 g/mol. The van der Waals surface area contributed by atoms with E-state index in [0.29, 0.717) is 6.61 Å². The van der Waals surface area contributed by atoms with Crippen LogP contribution in [0.4, 0.5) is 0 Å². The van der Waals surface area contributed by atoms with Gasteiger partial charge in [0, 0.05) is 17.1 Å². The van der Waals surface area contributed by atoms with Gasteiger partial charge in [-0.05, 0) is 35.9 Å². The highest BCUT2D eigenvalue weighted by atomic mass is 16.6. The Kier molecular flexibility index (Phi) is 3.16. The van der Waals surface area contributed by atoms with Crippen LogP contribution in [0.2, 0.25) is 0 Å². The van der Waals surface area contributed by atoms with Crippen molar-refractivity contribution < 1.29 is 9.47 Å². The average Bonchev–Trinajstić information content (AvgIpc) is 3.21. The van der Waals surface area contributed by atoms with Gasteiger partial charge in [0.2, 0.25) is 0 Å². The van der Waals surface area contributed by atoms with Crippen LogP contribution in [-0.4, -0.2) is 21.8 Å². The minimum Gasteiger partial charge on any atom is -0.485 e. The van der Waals surface area contributed by atoms with Crippen molar-refractivity contribution in [3.05, 3.63) is 72.7 Å². The molecule has 0 fully saturated rings. The van der Waals surface area contributed by atoms with E-state index in [1.54, 1.807) is 0 Å². The first-order valence-corrected chi connectivity index (χ1v) is 8.15. The lowest BCUT2D eigenvalue weighted by Crippen LogP contribution is -2.22. The van der Waals surface area contributed by atoms with Crippen LogP contribution in [0, 0.1) is 0 Å². The zero-order valence-electron chi connectivity index (χ0n) is 13.3. The molecule has 2 aromatic heterocycles. The summed E-state index contributed by atoms with van der Waals surface area (Å²) in [6.45, 7) is 0.461. The number of hydrogen-bond donors (Lipinski definition) is 1. The number of nitrogens with zero attached hydrogens (tertiary/aromatic N) is 2. The standard InChI is InChI=1S/C20H15N3O2/c1-2-4-19-18(3-1)24-12-20(25-19)17-8-6-14-9-13(5-7-16(14)23-17)15-10-21-22-11-15/h1-11,20H,12H2,(H,21,22). The maximum atomic E-state index is 6.05. The van der Waals surface area contributed by atoms with Crippen LogP contribution in [0.5, 0.6) is 11.5 Å². The monoisotopic (exact) mass is 329 g/mol. The number of rotatable bonds is 2. The van der Waals surface area contributed by atoms with Crippen LogP contribution in [-0.2, 0) is 0 Å². The number of ether oxygens (including phenoxy) is 2. The van der Waals surface area contributed by atoms with Gasteiger partial charge in [-0.25, -0.2) is 4.98 Å². The van der Waals surface area contributed by atoms with E-state index >= 15 is 0 Å². The second-order valence-corrected chi connectivity index (χ2v) is 5.99. The van der Waals surface area contributed by atoms with Crippen LogP contribution in [0.25, 0.3) is 22.0 Å². The normalized spacial score (nSPS) is 16.1. The van der Waals surface area contributed by atoms with Gasteiger partial charge in [0.25, 0.3) is 0 Å². The number of para-hydroxylation sites is 2. The second-order valence-electron chi connectivity index (χ2n) is 5.99. The van der Waals surface area contributed by atoms with Gasteiger partial charge in [0.05, 0.1) is 17.4 Å². The number of aromatic amines is 1. The Bertz CT molecular complexity index is 1040. The molecule has 0 radical (unpaired) electrons. The van der Waals surface area contributed by atoms with Crippen molar-refractivity contribution in [3.8, 4) is 22.6 Å². The summed E-state index contributed by atoms with van der Waals surface area (Å²) in [5.41, 5.74) is 3.99. The van der Waals surface area contributed by atoms with Crippen molar-refractivity contribution in [1.82, 2.24) is 15.2 Å². The number of hydrogen-bond acceptors (Lipinski definition) is 4. The Hall–Kier alpha value is -3.34. The predicted octanol–water partition coefficient (Wildman–Crippen LogP) is 4.14. The zero-order valence-corrected chi connectivity index (χ0v) is 13.3. The van der Waals surface area contributed by atoms with Crippen LogP contribution < -0.4 is 9.47 Å². The summed E-state index contributed by atoms with van der Waals surface area (Å²) in [6, 6.07) is 18.0. The summed E-state index contributed by atoms with van der Waals surface area (Å²) in [4.78, 5) is 4.77. The molecule has 3 heterocycles. The van der Waals surface area contributed by atoms with E-state index < -0.39 is 0 Å². The van der Waals surface area contributed by atoms with Crippen LogP contribution in [0.3, 0.4) is 0 Å². The third-order valence-electron chi connectivity index (χ3n) is 4.38. The highest BCUT2D eigenvalue weighted by Gasteiger charge is 2.23. The summed E-state index contributed by atoms with van der Waals surface area (Å²) >= 11 is 0. The number of H-pyrrole nitrogens is 1. The topological polar surface area (TPSA) is 60.0 Å². The van der Waals surface area contributed by atoms with Crippen LogP contribution >= 0.6 is 0 Å². The van der Waals surface area contributed by atoms with E-state index in [2.05, 4.69) is 28.4 Å². The molecule has 1 aliphatic heterocycles. The number of aromatic nitrogens is 3. The molecule has 4 aromatic rings. The number of fused-ring (bicyclic) bond motifs is 2. The first-order chi connectivity index (χ1) is 12.4. The number of benzene rings is 2. The highest BCUT2D eigenvalue weighted by molar-refractivity contribution is 5.84. The molecule has 0 amide bonds. The maximum absolute atomic E-state index is 6.05. The van der Waals surface area contributed by atoms with Gasteiger partial charge >= 0.3 is 0 Å². The van der Waals surface area contributed by atoms with Crippen LogP contribution in [0.15, 0.2) is 67.0 Å². The molecule has 0 saturated carbocycles. The molecule has 1 atom stereocenters. The van der Waals surface area contributed by atoms with E-state index in [0.717, 1.165) is 39.2 Å². The van der Waals surface area contributed by atoms with Crippen molar-refractivity contribution in [2.24, 2.45) is 0 Å². The second kappa shape index (κ2) is 5.63. The molecule has 5 heteroatoms. The molecule has 1 aliphatic rings. The van der Waals surface area contributed by atoms with E-state index in [-0.39, 0.29) is 6.10 Å². The molecule has 0 bridgehead atoms. The van der Waals surface area contributed by atoms with Crippen LogP contribution in [0.1, 0.15) is 11.8 Å². The number of nitrogens with one attached hydrogen (secondary N) is 1. The summed E-state index contributed by atoms with van der Waals surface area (Å²) in [7, 11) is 0. The third-order valence-corrected chi connectivity index (χ3v) is 4.38. The molecule has 0 spiro atoms. The Morgan fingerprint density at radius 2 is 1.88 bits per heavy atom. The van der Waals surface area contributed by atoms with E-state index in [4.69, 9.17) is 14.5 Å². The van der Waals surface area contributed by atoms with Gasteiger partial charge < -0.3 is 9.47 Å². The summed E-state index contributed by atoms with van der Waals surface area (Å²) in [5, 5.41) is 7.92. The Labute approximate surface area is 144 Å². The van der Waals surface area contributed by atoms with Gasteiger partial charge in [-0.2, -0.15) is 5.10 Å². The first-order valence-electron chi connectivity index (χ1n) is 8.15. The predicted molar refractivity (Wildman–Crippen MR) is 94.6 cm³/mol. The van der Waals surface area contributed by atoms with Crippen molar-refractivity contribution in [2.45, 2.75) is 6.10 Å². The fraction of sp³-hybridized carbons (Fsp3) is 0.100. The molecule has 25 heavy (non-hydrogen) atoms. The summed E-state index contributed by atoms with van der Waals surface area (Å²) in [6.07, 6.45) is 3.49.